The van der Waals surface area contributed by atoms with Gasteiger partial charge in [-0.1, -0.05) is 18.2 Å². The summed E-state index contributed by atoms with van der Waals surface area (Å²) in [6.45, 7) is 1.92. The zero-order valence-corrected chi connectivity index (χ0v) is 14.8. The molecule has 2 aromatic rings. The summed E-state index contributed by atoms with van der Waals surface area (Å²) in [7, 11) is 0. The number of hydrogen-bond donors (Lipinski definition) is 7. The van der Waals surface area contributed by atoms with Crippen LogP contribution < -0.4 is 33.2 Å². The number of aromatic amines is 1. The predicted octanol–water partition coefficient (Wildman–Crippen LogP) is -0.875. The first kappa shape index (κ1) is 18.2. The minimum atomic E-state index is -0.871. The van der Waals surface area contributed by atoms with Gasteiger partial charge in [-0.25, -0.2) is 0 Å². The van der Waals surface area contributed by atoms with Gasteiger partial charge in [0.1, 0.15) is 0 Å². The van der Waals surface area contributed by atoms with Gasteiger partial charge in [0, 0.05) is 36.6 Å². The van der Waals surface area contributed by atoms with Crippen molar-refractivity contribution in [3.05, 3.63) is 36.0 Å². The van der Waals surface area contributed by atoms with Crippen molar-refractivity contribution in [1.29, 1.82) is 0 Å². The predicted molar refractivity (Wildman–Crippen MR) is 106 cm³/mol. The molecule has 0 aliphatic carbocycles. The van der Waals surface area contributed by atoms with E-state index in [0.717, 1.165) is 11.9 Å². The number of nitrogens with zero attached hydrogens (tertiary/aromatic N) is 2. The van der Waals surface area contributed by atoms with Crippen LogP contribution in [0.15, 0.2) is 40.4 Å². The van der Waals surface area contributed by atoms with Gasteiger partial charge < -0.3 is 27.1 Å². The molecule has 9 heteroatoms. The number of aryl methyl sites for hydroxylation is 1. The Morgan fingerprint density at radius 2 is 1.62 bits per heavy atom. The molecule has 0 saturated carbocycles. The zero-order valence-electron chi connectivity index (χ0n) is 14.8. The van der Waals surface area contributed by atoms with E-state index in [4.69, 9.17) is 17.2 Å². The van der Waals surface area contributed by atoms with Gasteiger partial charge in [0.15, 0.2) is 5.79 Å². The lowest BCUT2D eigenvalue weighted by atomic mass is 10.0. The Morgan fingerprint density at radius 1 is 0.962 bits per heavy atom. The summed E-state index contributed by atoms with van der Waals surface area (Å²) < 4.78 is 0. The first-order chi connectivity index (χ1) is 12.6. The van der Waals surface area contributed by atoms with Crippen molar-refractivity contribution in [3.63, 3.8) is 0 Å². The molecule has 3 rings (SSSR count). The van der Waals surface area contributed by atoms with Gasteiger partial charge in [0.2, 0.25) is 11.9 Å². The van der Waals surface area contributed by atoms with Crippen LogP contribution in [0.4, 0.5) is 0 Å². The molecule has 9 nitrogen and oxygen atoms in total. The number of nitrogens with one attached hydrogen (secondary N) is 4. The number of fused-ring (bicyclic) bond motifs is 1. The minimum absolute atomic E-state index is 0.461. The number of aliphatic imine (C=N–C) groups is 2. The number of aromatic nitrogens is 1. The monoisotopic (exact) mass is 357 g/mol. The van der Waals surface area contributed by atoms with Gasteiger partial charge >= 0.3 is 0 Å². The van der Waals surface area contributed by atoms with E-state index >= 15 is 0 Å². The van der Waals surface area contributed by atoms with Crippen molar-refractivity contribution >= 4 is 22.8 Å². The maximum atomic E-state index is 6.55. The molecule has 1 aromatic heterocycles. The fraction of sp³-hybridized carbons (Fsp3) is 0.412. The maximum Gasteiger partial charge on any atom is 0.201 e. The van der Waals surface area contributed by atoms with E-state index in [1.807, 2.05) is 18.3 Å². The Kier molecular flexibility index (Phi) is 5.71. The number of para-hydroxylation sites is 1. The van der Waals surface area contributed by atoms with Crippen molar-refractivity contribution in [2.45, 2.75) is 18.6 Å². The van der Waals surface area contributed by atoms with Crippen molar-refractivity contribution in [1.82, 2.24) is 20.9 Å². The average Bonchev–Trinajstić information content (AvgIpc) is 3.06. The molecule has 0 bridgehead atoms. The molecule has 1 aliphatic heterocycles. The third-order valence-electron chi connectivity index (χ3n) is 4.18. The maximum absolute atomic E-state index is 6.55. The first-order valence-electron chi connectivity index (χ1n) is 8.80. The lowest BCUT2D eigenvalue weighted by molar-refractivity contribution is 0.319. The number of guanidine groups is 2. The molecule has 2 heterocycles. The number of benzene rings is 1. The van der Waals surface area contributed by atoms with Gasteiger partial charge in [0.05, 0.1) is 13.1 Å². The fourth-order valence-corrected chi connectivity index (χ4v) is 2.93. The second-order valence-electron chi connectivity index (χ2n) is 6.24. The summed E-state index contributed by atoms with van der Waals surface area (Å²) in [6, 6.07) is 8.22. The molecule has 1 aliphatic rings. The highest BCUT2D eigenvalue weighted by Crippen LogP contribution is 2.20. The Bertz CT molecular complexity index is 768. The number of hydrogen-bond acceptors (Lipinski definition) is 5. The van der Waals surface area contributed by atoms with Crippen LogP contribution in [0.25, 0.3) is 10.9 Å². The molecule has 26 heavy (non-hydrogen) atoms. The van der Waals surface area contributed by atoms with Crippen LogP contribution in [-0.4, -0.2) is 48.9 Å². The number of rotatable bonds is 7. The van der Waals surface area contributed by atoms with Crippen molar-refractivity contribution in [3.8, 4) is 0 Å². The highest BCUT2D eigenvalue weighted by Gasteiger charge is 2.32. The van der Waals surface area contributed by atoms with Crippen LogP contribution in [0, 0.1) is 0 Å². The molecule has 1 aromatic carbocycles. The molecule has 140 valence electrons. The van der Waals surface area contributed by atoms with E-state index in [0.29, 0.717) is 44.5 Å². The third kappa shape index (κ3) is 4.31. The van der Waals surface area contributed by atoms with Gasteiger partial charge in [-0.15, -0.1) is 0 Å². The van der Waals surface area contributed by atoms with Crippen molar-refractivity contribution < 1.29 is 0 Å². The Balaban J connectivity index is 1.75. The molecule has 1 saturated heterocycles. The van der Waals surface area contributed by atoms with E-state index in [9.17, 15) is 0 Å². The SMILES string of the molecule is NCCN=C1NC(=NCCN)NC(N)(CCc2c[nH]c3ccccc23)N1. The van der Waals surface area contributed by atoms with E-state index < -0.39 is 5.79 Å². The average molecular weight is 357 g/mol. The van der Waals surface area contributed by atoms with Crippen LogP contribution in [0.2, 0.25) is 0 Å². The van der Waals surface area contributed by atoms with Crippen LogP contribution in [0.1, 0.15) is 12.0 Å². The van der Waals surface area contributed by atoms with E-state index in [2.05, 4.69) is 43.1 Å². The molecule has 0 atom stereocenters. The highest BCUT2D eigenvalue weighted by molar-refractivity contribution is 6.01. The second-order valence-corrected chi connectivity index (χ2v) is 6.24. The Morgan fingerprint density at radius 3 is 2.27 bits per heavy atom. The molecule has 0 spiro atoms. The molecule has 0 amide bonds. The second kappa shape index (κ2) is 8.17. The standard InChI is InChI=1S/C17H27N9/c18-7-9-21-15-24-16(22-10-8-19)26-17(20,25-15)6-5-12-11-23-14-4-2-1-3-13(12)14/h1-4,11,23H,5-10,18-20H2,(H3,21,22,24,25,26). The van der Waals surface area contributed by atoms with Crippen molar-refractivity contribution in [2.24, 2.45) is 27.2 Å². The van der Waals surface area contributed by atoms with Gasteiger partial charge in [-0.2, -0.15) is 0 Å². The Hall–Kier alpha value is -2.62. The fourth-order valence-electron chi connectivity index (χ4n) is 2.93. The molecule has 1 fully saturated rings. The van der Waals surface area contributed by atoms with Crippen molar-refractivity contribution in [2.75, 3.05) is 26.2 Å². The lowest BCUT2D eigenvalue weighted by Gasteiger charge is -2.38. The van der Waals surface area contributed by atoms with Crippen LogP contribution in [0.5, 0.6) is 0 Å². The Labute approximate surface area is 152 Å². The smallest absolute Gasteiger partial charge is 0.201 e. The summed E-state index contributed by atoms with van der Waals surface area (Å²) >= 11 is 0. The summed E-state index contributed by atoms with van der Waals surface area (Å²) in [4.78, 5) is 12.1. The van der Waals surface area contributed by atoms with Crippen LogP contribution in [0.3, 0.4) is 0 Å². The molecule has 10 N–H and O–H groups in total. The van der Waals surface area contributed by atoms with E-state index in [1.54, 1.807) is 0 Å². The van der Waals surface area contributed by atoms with Gasteiger partial charge in [-0.05, 0) is 18.1 Å². The largest absolute Gasteiger partial charge is 0.361 e. The number of nitrogens with two attached hydrogens (primary N) is 3. The topological polar surface area (TPSA) is 155 Å². The zero-order chi connectivity index (χ0) is 18.4. The molecular weight excluding hydrogens is 330 g/mol. The first-order valence-corrected chi connectivity index (χ1v) is 8.80. The van der Waals surface area contributed by atoms with Crippen LogP contribution >= 0.6 is 0 Å². The van der Waals surface area contributed by atoms with Crippen LogP contribution in [-0.2, 0) is 6.42 Å². The molecular formula is C17H27N9. The lowest BCUT2D eigenvalue weighted by Crippen LogP contribution is -2.75. The van der Waals surface area contributed by atoms with E-state index in [-0.39, 0.29) is 0 Å². The summed E-state index contributed by atoms with van der Waals surface area (Å²) in [5.41, 5.74) is 20.0. The highest BCUT2D eigenvalue weighted by atomic mass is 15.5. The summed E-state index contributed by atoms with van der Waals surface area (Å²) in [6.07, 6.45) is 3.45. The van der Waals surface area contributed by atoms with Gasteiger partial charge in [-0.3, -0.25) is 21.0 Å². The normalized spacial score (nSPS) is 23.0. The van der Waals surface area contributed by atoms with Gasteiger partial charge in [0.25, 0.3) is 0 Å². The minimum Gasteiger partial charge on any atom is -0.361 e. The molecule has 0 radical (unpaired) electrons. The summed E-state index contributed by atoms with van der Waals surface area (Å²) in [5, 5.41) is 10.7. The van der Waals surface area contributed by atoms with E-state index in [1.165, 1.54) is 10.9 Å². The third-order valence-corrected chi connectivity index (χ3v) is 4.18. The summed E-state index contributed by atoms with van der Waals surface area (Å²) in [5.74, 6) is 0.252. The molecule has 0 unspecified atom stereocenters. The quantitative estimate of drug-likeness (QED) is 0.341. The number of H-pyrrole nitrogens is 1.